The molecule has 20 heavy (non-hydrogen) atoms. The first-order valence-electron chi connectivity index (χ1n) is 6.48. The zero-order valence-electron chi connectivity index (χ0n) is 11.3. The Balaban J connectivity index is 2.26. The van der Waals surface area contributed by atoms with Crippen molar-refractivity contribution in [2.75, 3.05) is 11.1 Å². The number of nitrogens with two attached hydrogens (primary N) is 2. The molecule has 0 aromatic carbocycles. The molecule has 5 N–H and O–H groups in total. The second-order valence-electron chi connectivity index (χ2n) is 4.50. The van der Waals surface area contributed by atoms with E-state index in [2.05, 4.69) is 23.3 Å². The van der Waals surface area contributed by atoms with Gasteiger partial charge in [-0.1, -0.05) is 19.4 Å². The van der Waals surface area contributed by atoms with Crippen molar-refractivity contribution in [1.82, 2.24) is 4.98 Å². The van der Waals surface area contributed by atoms with Crippen LogP contribution in [0, 0.1) is 0 Å². The first-order valence-corrected chi connectivity index (χ1v) is 7.36. The van der Waals surface area contributed by atoms with Crippen LogP contribution in [0.25, 0.3) is 0 Å². The predicted octanol–water partition coefficient (Wildman–Crippen LogP) is 2.78. The molecule has 2 rings (SSSR count). The van der Waals surface area contributed by atoms with Gasteiger partial charge in [-0.2, -0.15) is 0 Å². The van der Waals surface area contributed by atoms with Crippen LogP contribution >= 0.6 is 11.3 Å². The molecule has 1 unspecified atom stereocenters. The number of pyridine rings is 1. The predicted molar refractivity (Wildman–Crippen MR) is 82.8 cm³/mol. The quantitative estimate of drug-likeness (QED) is 0.762. The van der Waals surface area contributed by atoms with Gasteiger partial charge in [-0.25, -0.2) is 4.98 Å². The molecule has 0 bridgehead atoms. The summed E-state index contributed by atoms with van der Waals surface area (Å²) in [5, 5.41) is 5.35. The molecule has 0 saturated heterocycles. The highest BCUT2D eigenvalue weighted by atomic mass is 32.1. The molecule has 5 nitrogen and oxygen atoms in total. The summed E-state index contributed by atoms with van der Waals surface area (Å²) in [5.41, 5.74) is 11.9. The minimum absolute atomic E-state index is 0.137. The third kappa shape index (κ3) is 3.27. The van der Waals surface area contributed by atoms with Crippen LogP contribution in [0.5, 0.6) is 0 Å². The summed E-state index contributed by atoms with van der Waals surface area (Å²) >= 11 is 1.68. The van der Waals surface area contributed by atoms with E-state index < -0.39 is 5.91 Å². The number of anilines is 2. The molecule has 0 aliphatic heterocycles. The molecule has 1 atom stereocenters. The maximum atomic E-state index is 11.2. The van der Waals surface area contributed by atoms with Crippen LogP contribution in [0.4, 0.5) is 11.5 Å². The van der Waals surface area contributed by atoms with Crippen molar-refractivity contribution in [3.63, 3.8) is 0 Å². The summed E-state index contributed by atoms with van der Waals surface area (Å²) < 4.78 is 0. The summed E-state index contributed by atoms with van der Waals surface area (Å²) in [6, 6.07) is 7.40. The summed E-state index contributed by atoms with van der Waals surface area (Å²) in [7, 11) is 0. The Kier molecular flexibility index (Phi) is 4.57. The standard InChI is InChI=1S/C14H18N4OS/c1-2-4-10(12-5-3-8-20-12)17-14-9(15)6-7-11(18-14)13(16)19/h3,5-8,10H,2,4,15H2,1H3,(H2,16,19)(H,17,18). The number of hydrogen-bond donors (Lipinski definition) is 3. The maximum absolute atomic E-state index is 11.2. The van der Waals surface area contributed by atoms with Gasteiger partial charge in [0.25, 0.3) is 5.91 Å². The summed E-state index contributed by atoms with van der Waals surface area (Å²) in [4.78, 5) is 16.6. The van der Waals surface area contributed by atoms with Crippen LogP contribution in [0.2, 0.25) is 0 Å². The minimum Gasteiger partial charge on any atom is -0.396 e. The molecule has 2 heterocycles. The number of amides is 1. The SMILES string of the molecule is CCCC(Nc1nc(C(N)=O)ccc1N)c1cccs1. The Hall–Kier alpha value is -2.08. The fraction of sp³-hybridized carbons (Fsp3) is 0.286. The maximum Gasteiger partial charge on any atom is 0.267 e. The lowest BCUT2D eigenvalue weighted by molar-refractivity contribution is 0.0995. The van der Waals surface area contributed by atoms with E-state index in [1.807, 2.05) is 11.4 Å². The van der Waals surface area contributed by atoms with E-state index in [1.165, 1.54) is 10.9 Å². The molecule has 0 radical (unpaired) electrons. The first kappa shape index (κ1) is 14.3. The third-order valence-corrected chi connectivity index (χ3v) is 3.94. The van der Waals surface area contributed by atoms with Gasteiger partial charge < -0.3 is 16.8 Å². The van der Waals surface area contributed by atoms with Gasteiger partial charge in [0.15, 0.2) is 5.82 Å². The number of nitrogen functional groups attached to an aromatic ring is 1. The van der Waals surface area contributed by atoms with Gasteiger partial charge in [0, 0.05) is 4.88 Å². The molecule has 0 saturated carbocycles. The lowest BCUT2D eigenvalue weighted by Gasteiger charge is -2.18. The van der Waals surface area contributed by atoms with Gasteiger partial charge in [0.2, 0.25) is 0 Å². The minimum atomic E-state index is -0.559. The monoisotopic (exact) mass is 290 g/mol. The Labute approximate surface area is 122 Å². The van der Waals surface area contributed by atoms with Gasteiger partial charge in [0.1, 0.15) is 5.69 Å². The van der Waals surface area contributed by atoms with Crippen molar-refractivity contribution in [3.8, 4) is 0 Å². The Bertz CT molecular complexity index is 583. The van der Waals surface area contributed by atoms with Crippen LogP contribution in [-0.4, -0.2) is 10.9 Å². The molecule has 2 aromatic heterocycles. The zero-order chi connectivity index (χ0) is 14.5. The molecule has 0 fully saturated rings. The van der Waals surface area contributed by atoms with E-state index in [0.717, 1.165) is 12.8 Å². The molecule has 0 spiro atoms. The molecule has 0 aliphatic rings. The van der Waals surface area contributed by atoms with E-state index in [1.54, 1.807) is 17.4 Å². The molecule has 2 aromatic rings. The average molecular weight is 290 g/mol. The fourth-order valence-electron chi connectivity index (χ4n) is 1.95. The van der Waals surface area contributed by atoms with Crippen molar-refractivity contribution in [2.24, 2.45) is 5.73 Å². The summed E-state index contributed by atoms with van der Waals surface area (Å²) in [6.45, 7) is 2.12. The number of carbonyl (C=O) groups excluding carboxylic acids is 1. The number of nitrogens with zero attached hydrogens (tertiary/aromatic N) is 1. The summed E-state index contributed by atoms with van der Waals surface area (Å²) in [5.74, 6) is -0.0515. The van der Waals surface area contributed by atoms with Crippen LogP contribution < -0.4 is 16.8 Å². The highest BCUT2D eigenvalue weighted by Gasteiger charge is 2.15. The van der Waals surface area contributed by atoms with E-state index in [9.17, 15) is 4.79 Å². The number of carbonyl (C=O) groups is 1. The molecule has 1 amide bonds. The van der Waals surface area contributed by atoms with Crippen molar-refractivity contribution in [2.45, 2.75) is 25.8 Å². The number of rotatable bonds is 6. The van der Waals surface area contributed by atoms with E-state index in [-0.39, 0.29) is 11.7 Å². The number of primary amides is 1. The highest BCUT2D eigenvalue weighted by molar-refractivity contribution is 7.10. The van der Waals surface area contributed by atoms with Crippen molar-refractivity contribution >= 4 is 28.7 Å². The van der Waals surface area contributed by atoms with Crippen LogP contribution in [0.1, 0.15) is 41.2 Å². The average Bonchev–Trinajstić information content (AvgIpc) is 2.94. The first-order chi connectivity index (χ1) is 9.61. The molecule has 0 aliphatic carbocycles. The van der Waals surface area contributed by atoms with Gasteiger partial charge in [-0.3, -0.25) is 4.79 Å². The van der Waals surface area contributed by atoms with Crippen molar-refractivity contribution < 1.29 is 4.79 Å². The van der Waals surface area contributed by atoms with Crippen LogP contribution in [0.3, 0.4) is 0 Å². The number of thiophene rings is 1. The largest absolute Gasteiger partial charge is 0.396 e. The van der Waals surface area contributed by atoms with Crippen LogP contribution in [-0.2, 0) is 0 Å². The second kappa shape index (κ2) is 6.38. The number of nitrogens with one attached hydrogen (secondary N) is 1. The van der Waals surface area contributed by atoms with Gasteiger partial charge in [-0.15, -0.1) is 11.3 Å². The Morgan fingerprint density at radius 3 is 2.85 bits per heavy atom. The van der Waals surface area contributed by atoms with Gasteiger partial charge in [0.05, 0.1) is 11.7 Å². The fourth-order valence-corrected chi connectivity index (χ4v) is 2.76. The molecule has 106 valence electrons. The van der Waals surface area contributed by atoms with E-state index >= 15 is 0 Å². The second-order valence-corrected chi connectivity index (χ2v) is 5.48. The van der Waals surface area contributed by atoms with Crippen molar-refractivity contribution in [3.05, 3.63) is 40.2 Å². The lowest BCUT2D eigenvalue weighted by atomic mass is 10.1. The Morgan fingerprint density at radius 2 is 2.25 bits per heavy atom. The molecular weight excluding hydrogens is 272 g/mol. The van der Waals surface area contributed by atoms with Crippen molar-refractivity contribution in [1.29, 1.82) is 0 Å². The van der Waals surface area contributed by atoms with Gasteiger partial charge in [-0.05, 0) is 30.0 Å². The number of aromatic nitrogens is 1. The summed E-state index contributed by atoms with van der Waals surface area (Å²) in [6.07, 6.45) is 1.99. The van der Waals surface area contributed by atoms with Crippen LogP contribution in [0.15, 0.2) is 29.6 Å². The van der Waals surface area contributed by atoms with Gasteiger partial charge >= 0.3 is 0 Å². The molecule has 6 heteroatoms. The highest BCUT2D eigenvalue weighted by Crippen LogP contribution is 2.29. The smallest absolute Gasteiger partial charge is 0.267 e. The lowest BCUT2D eigenvalue weighted by Crippen LogP contribution is -2.17. The zero-order valence-corrected chi connectivity index (χ0v) is 12.1. The third-order valence-electron chi connectivity index (χ3n) is 2.95. The topological polar surface area (TPSA) is 94.0 Å². The van der Waals surface area contributed by atoms with E-state index in [4.69, 9.17) is 11.5 Å². The Morgan fingerprint density at radius 1 is 1.45 bits per heavy atom. The van der Waals surface area contributed by atoms with E-state index in [0.29, 0.717) is 11.5 Å². The normalized spacial score (nSPS) is 12.1. The number of hydrogen-bond acceptors (Lipinski definition) is 5. The molecular formula is C14H18N4OS.